The first-order valence-electron chi connectivity index (χ1n) is 6.82. The molecule has 19 heavy (non-hydrogen) atoms. The Morgan fingerprint density at radius 3 is 2.26 bits per heavy atom. The Hall–Kier alpha value is -1.17. The zero-order chi connectivity index (χ0) is 14.8. The van der Waals surface area contributed by atoms with Crippen molar-refractivity contribution in [2.24, 2.45) is 11.7 Å². The third kappa shape index (κ3) is 6.52. The quantitative estimate of drug-likeness (QED) is 0.622. The lowest BCUT2D eigenvalue weighted by molar-refractivity contribution is -0.130. The molecule has 1 atom stereocenters. The molecule has 0 rings (SSSR count). The predicted molar refractivity (Wildman–Crippen MR) is 80.7 cm³/mol. The minimum atomic E-state index is -0.427. The molecule has 0 aliphatic heterocycles. The van der Waals surface area contributed by atoms with Crippen LogP contribution in [0, 0.1) is 5.92 Å². The van der Waals surface area contributed by atoms with Crippen molar-refractivity contribution in [3.05, 3.63) is 0 Å². The lowest BCUT2D eigenvalue weighted by Gasteiger charge is -2.19. The average molecular weight is 287 g/mol. The van der Waals surface area contributed by atoms with Crippen molar-refractivity contribution in [1.29, 1.82) is 0 Å². The van der Waals surface area contributed by atoms with Crippen LogP contribution < -0.4 is 11.1 Å². The lowest BCUT2D eigenvalue weighted by atomic mass is 10.0. The van der Waals surface area contributed by atoms with Gasteiger partial charge in [-0.05, 0) is 20.3 Å². The first-order chi connectivity index (χ1) is 8.97. The number of nitrogens with zero attached hydrogens (tertiary/aromatic N) is 1. The van der Waals surface area contributed by atoms with Crippen LogP contribution in [-0.4, -0.2) is 41.3 Å². The van der Waals surface area contributed by atoms with Gasteiger partial charge in [0.05, 0.1) is 10.9 Å². The zero-order valence-electron chi connectivity index (χ0n) is 12.1. The van der Waals surface area contributed by atoms with Crippen LogP contribution in [0.4, 0.5) is 0 Å². The fraction of sp³-hybridized carbons (Fsp3) is 0.769. The zero-order valence-corrected chi connectivity index (χ0v) is 12.9. The van der Waals surface area contributed by atoms with Gasteiger partial charge in [-0.15, -0.1) is 0 Å². The normalized spacial score (nSPS) is 11.7. The smallest absolute Gasteiger partial charge is 0.229 e. The number of nitrogens with one attached hydrogen (secondary N) is 1. The van der Waals surface area contributed by atoms with Crippen molar-refractivity contribution < 1.29 is 9.59 Å². The lowest BCUT2D eigenvalue weighted by Crippen LogP contribution is -2.40. The van der Waals surface area contributed by atoms with Crippen LogP contribution in [0.2, 0.25) is 0 Å². The molecule has 0 saturated heterocycles. The van der Waals surface area contributed by atoms with Gasteiger partial charge in [-0.1, -0.05) is 25.6 Å². The molecule has 0 aromatic rings. The summed E-state index contributed by atoms with van der Waals surface area (Å²) in [5.74, 6) is -0.557. The van der Waals surface area contributed by atoms with Crippen LogP contribution in [0.5, 0.6) is 0 Å². The summed E-state index contributed by atoms with van der Waals surface area (Å²) in [5.41, 5.74) is 5.54. The molecular weight excluding hydrogens is 262 g/mol. The Labute approximate surface area is 120 Å². The molecule has 6 heteroatoms. The van der Waals surface area contributed by atoms with Crippen molar-refractivity contribution in [2.45, 2.75) is 40.0 Å². The number of carbonyl (C=O) groups excluding carboxylic acids is 2. The molecule has 0 aromatic heterocycles. The van der Waals surface area contributed by atoms with Gasteiger partial charge in [0, 0.05) is 26.1 Å². The third-order valence-corrected chi connectivity index (χ3v) is 3.28. The van der Waals surface area contributed by atoms with Gasteiger partial charge in [0.15, 0.2) is 0 Å². The molecule has 0 bridgehead atoms. The molecule has 1 unspecified atom stereocenters. The van der Waals surface area contributed by atoms with Crippen molar-refractivity contribution >= 4 is 29.0 Å². The molecule has 0 aromatic carbocycles. The summed E-state index contributed by atoms with van der Waals surface area (Å²) in [6.07, 6.45) is 1.79. The molecule has 0 heterocycles. The number of nitrogens with two attached hydrogens (primary N) is 1. The second kappa shape index (κ2) is 9.72. The monoisotopic (exact) mass is 287 g/mol. The molecule has 0 fully saturated rings. The number of carbonyl (C=O) groups is 2. The summed E-state index contributed by atoms with van der Waals surface area (Å²) in [6, 6.07) is 0. The van der Waals surface area contributed by atoms with Gasteiger partial charge in [-0.25, -0.2) is 0 Å². The third-order valence-electron chi connectivity index (χ3n) is 2.99. The van der Waals surface area contributed by atoms with E-state index >= 15 is 0 Å². The van der Waals surface area contributed by atoms with E-state index in [9.17, 15) is 9.59 Å². The van der Waals surface area contributed by atoms with E-state index in [1.165, 1.54) is 0 Å². The minimum Gasteiger partial charge on any atom is -0.393 e. The molecule has 0 radical (unpaired) electrons. The highest BCUT2D eigenvalue weighted by molar-refractivity contribution is 7.80. The first-order valence-corrected chi connectivity index (χ1v) is 7.23. The Balaban J connectivity index is 4.15. The average Bonchev–Trinajstić information content (AvgIpc) is 2.36. The van der Waals surface area contributed by atoms with Gasteiger partial charge < -0.3 is 16.0 Å². The summed E-state index contributed by atoms with van der Waals surface area (Å²) >= 11 is 4.88. The van der Waals surface area contributed by atoms with Crippen molar-refractivity contribution in [3.63, 3.8) is 0 Å². The number of rotatable bonds is 9. The van der Waals surface area contributed by atoms with Gasteiger partial charge in [0.1, 0.15) is 0 Å². The Kier molecular flexibility index (Phi) is 9.12. The fourth-order valence-corrected chi connectivity index (χ4v) is 2.07. The van der Waals surface area contributed by atoms with E-state index in [1.807, 2.05) is 20.8 Å². The molecule has 2 amide bonds. The Morgan fingerprint density at radius 1 is 1.26 bits per heavy atom. The van der Waals surface area contributed by atoms with Gasteiger partial charge in [0.25, 0.3) is 0 Å². The predicted octanol–water partition coefficient (Wildman–Crippen LogP) is 1.06. The molecule has 3 N–H and O–H groups in total. The summed E-state index contributed by atoms with van der Waals surface area (Å²) in [5, 5.41) is 2.73. The van der Waals surface area contributed by atoms with Gasteiger partial charge >= 0.3 is 0 Å². The number of hydrogen-bond acceptors (Lipinski definition) is 3. The maximum Gasteiger partial charge on any atom is 0.229 e. The van der Waals surface area contributed by atoms with E-state index in [1.54, 1.807) is 4.90 Å². The van der Waals surface area contributed by atoms with E-state index in [0.29, 0.717) is 32.5 Å². The Bertz CT molecular complexity index is 317. The Morgan fingerprint density at radius 2 is 1.84 bits per heavy atom. The molecular formula is C13H25N3O2S. The van der Waals surface area contributed by atoms with Crippen molar-refractivity contribution in [3.8, 4) is 0 Å². The molecule has 0 aliphatic carbocycles. The minimum absolute atomic E-state index is 0.0488. The second-order valence-corrected chi connectivity index (χ2v) is 4.82. The highest BCUT2D eigenvalue weighted by atomic mass is 32.1. The maximum absolute atomic E-state index is 11.9. The second-order valence-electron chi connectivity index (χ2n) is 4.35. The van der Waals surface area contributed by atoms with Crippen LogP contribution in [0.25, 0.3) is 0 Å². The summed E-state index contributed by atoms with van der Waals surface area (Å²) < 4.78 is 0. The largest absolute Gasteiger partial charge is 0.393 e. The van der Waals surface area contributed by atoms with E-state index < -0.39 is 5.92 Å². The number of thiocarbonyl (C=S) groups is 1. The van der Waals surface area contributed by atoms with Crippen LogP contribution in [-0.2, 0) is 9.59 Å². The van der Waals surface area contributed by atoms with Crippen molar-refractivity contribution in [1.82, 2.24) is 10.2 Å². The number of amides is 2. The summed E-state index contributed by atoms with van der Waals surface area (Å²) in [6.45, 7) is 7.55. The van der Waals surface area contributed by atoms with E-state index in [0.717, 1.165) is 6.42 Å². The highest BCUT2D eigenvalue weighted by Gasteiger charge is 2.20. The number of hydrogen-bond donors (Lipinski definition) is 2. The van der Waals surface area contributed by atoms with E-state index in [2.05, 4.69) is 5.32 Å². The summed E-state index contributed by atoms with van der Waals surface area (Å²) in [7, 11) is 0. The summed E-state index contributed by atoms with van der Waals surface area (Å²) in [4.78, 5) is 25.6. The van der Waals surface area contributed by atoms with Crippen LogP contribution in [0.3, 0.4) is 0 Å². The topological polar surface area (TPSA) is 75.4 Å². The fourth-order valence-electron chi connectivity index (χ4n) is 1.84. The van der Waals surface area contributed by atoms with Gasteiger partial charge in [-0.2, -0.15) is 0 Å². The molecule has 5 nitrogen and oxygen atoms in total. The molecule has 110 valence electrons. The molecule has 0 aliphatic rings. The standard InChI is InChI=1S/C13H25N3O2S/c1-4-7-10(12(14)19)13(18)15-9-8-11(17)16(5-2)6-3/h10H,4-9H2,1-3H3,(H2,14,19)(H,15,18). The molecule has 0 saturated carbocycles. The van der Waals surface area contributed by atoms with Crippen LogP contribution in [0.1, 0.15) is 40.0 Å². The van der Waals surface area contributed by atoms with Gasteiger partial charge in [0.2, 0.25) is 11.8 Å². The van der Waals surface area contributed by atoms with E-state index in [4.69, 9.17) is 18.0 Å². The van der Waals surface area contributed by atoms with Crippen LogP contribution >= 0.6 is 12.2 Å². The van der Waals surface area contributed by atoms with Crippen molar-refractivity contribution in [2.75, 3.05) is 19.6 Å². The highest BCUT2D eigenvalue weighted by Crippen LogP contribution is 2.07. The molecule has 0 spiro atoms. The van der Waals surface area contributed by atoms with E-state index in [-0.39, 0.29) is 16.8 Å². The maximum atomic E-state index is 11.9. The van der Waals surface area contributed by atoms with Gasteiger partial charge in [-0.3, -0.25) is 9.59 Å². The van der Waals surface area contributed by atoms with Crippen LogP contribution in [0.15, 0.2) is 0 Å². The first kappa shape index (κ1) is 17.8. The SMILES string of the molecule is CCCC(C(=O)NCCC(=O)N(CC)CC)C(N)=S.